The van der Waals surface area contributed by atoms with Crippen LogP contribution in [-0.4, -0.2) is 25.8 Å². The van der Waals surface area contributed by atoms with E-state index in [1.54, 1.807) is 19.2 Å². The highest BCUT2D eigenvalue weighted by Gasteiger charge is 2.13. The number of nitrogens with zero attached hydrogens (tertiary/aromatic N) is 4. The van der Waals surface area contributed by atoms with Gasteiger partial charge in [0.2, 0.25) is 0 Å². The molecule has 0 atom stereocenters. The lowest BCUT2D eigenvalue weighted by molar-refractivity contribution is 0.0689. The number of carboxylic acid groups (broad SMARTS) is 1. The normalized spacial score (nSPS) is 9.88. The second-order valence-corrected chi connectivity index (χ2v) is 3.39. The predicted molar refractivity (Wildman–Crippen MR) is 58.1 cm³/mol. The van der Waals surface area contributed by atoms with Gasteiger partial charge in [-0.25, -0.2) is 4.79 Å². The Bertz CT molecular complexity index is 607. The van der Waals surface area contributed by atoms with Crippen LogP contribution in [0.15, 0.2) is 24.4 Å². The van der Waals surface area contributed by atoms with Crippen LogP contribution in [0.5, 0.6) is 0 Å². The average molecular weight is 228 g/mol. The summed E-state index contributed by atoms with van der Waals surface area (Å²) < 4.78 is 1.44. The summed E-state index contributed by atoms with van der Waals surface area (Å²) in [6, 6.07) is 6.68. The van der Waals surface area contributed by atoms with Crippen molar-refractivity contribution in [3.05, 3.63) is 35.7 Å². The summed E-state index contributed by atoms with van der Waals surface area (Å²) in [5.74, 6) is -1.08. The molecule has 0 saturated heterocycles. The van der Waals surface area contributed by atoms with E-state index in [1.165, 1.54) is 16.9 Å². The van der Waals surface area contributed by atoms with Gasteiger partial charge in [0, 0.05) is 19.3 Å². The lowest BCUT2D eigenvalue weighted by Crippen LogP contribution is -1.99. The van der Waals surface area contributed by atoms with E-state index in [0.717, 1.165) is 0 Å². The molecule has 0 aliphatic carbocycles. The van der Waals surface area contributed by atoms with E-state index >= 15 is 0 Å². The van der Waals surface area contributed by atoms with Crippen LogP contribution in [0, 0.1) is 11.3 Å². The Morgan fingerprint density at radius 2 is 2.29 bits per heavy atom. The molecule has 2 heterocycles. The van der Waals surface area contributed by atoms with Gasteiger partial charge in [-0.2, -0.15) is 10.4 Å². The standard InChI is InChI=1S/C11H8N4O2/c1-15-10(4-9(14-15)11(16)17)8-3-2-7(5-12)6-13-8/h2-4,6H,1H3,(H,16,17). The summed E-state index contributed by atoms with van der Waals surface area (Å²) in [7, 11) is 1.64. The van der Waals surface area contributed by atoms with E-state index in [0.29, 0.717) is 17.0 Å². The van der Waals surface area contributed by atoms with Crippen LogP contribution in [0.25, 0.3) is 11.4 Å². The molecule has 0 bridgehead atoms. The van der Waals surface area contributed by atoms with Gasteiger partial charge >= 0.3 is 5.97 Å². The van der Waals surface area contributed by atoms with Crippen LogP contribution < -0.4 is 0 Å². The highest BCUT2D eigenvalue weighted by atomic mass is 16.4. The first-order chi connectivity index (χ1) is 8.11. The number of carbonyl (C=O) groups is 1. The Morgan fingerprint density at radius 1 is 1.53 bits per heavy atom. The number of aromatic carboxylic acids is 1. The molecule has 6 nitrogen and oxygen atoms in total. The average Bonchev–Trinajstić information content (AvgIpc) is 2.72. The molecule has 6 heteroatoms. The zero-order valence-electron chi connectivity index (χ0n) is 8.95. The smallest absolute Gasteiger partial charge is 0.356 e. The van der Waals surface area contributed by atoms with Crippen LogP contribution in [0.4, 0.5) is 0 Å². The van der Waals surface area contributed by atoms with E-state index in [4.69, 9.17) is 10.4 Å². The number of aryl methyl sites for hydroxylation is 1. The van der Waals surface area contributed by atoms with Crippen molar-refractivity contribution in [2.24, 2.45) is 7.05 Å². The zero-order valence-corrected chi connectivity index (χ0v) is 8.95. The van der Waals surface area contributed by atoms with Crippen molar-refractivity contribution in [3.63, 3.8) is 0 Å². The molecule has 0 saturated carbocycles. The Kier molecular flexibility index (Phi) is 2.58. The van der Waals surface area contributed by atoms with Gasteiger partial charge in [0.05, 0.1) is 17.0 Å². The Labute approximate surface area is 96.8 Å². The van der Waals surface area contributed by atoms with Crippen molar-refractivity contribution < 1.29 is 9.90 Å². The molecule has 0 unspecified atom stereocenters. The number of hydrogen-bond acceptors (Lipinski definition) is 4. The summed E-state index contributed by atoms with van der Waals surface area (Å²) in [5.41, 5.74) is 1.58. The largest absolute Gasteiger partial charge is 0.476 e. The van der Waals surface area contributed by atoms with Gasteiger partial charge in [-0.15, -0.1) is 0 Å². The van der Waals surface area contributed by atoms with E-state index in [-0.39, 0.29) is 5.69 Å². The lowest BCUT2D eigenvalue weighted by Gasteiger charge is -1.99. The summed E-state index contributed by atoms with van der Waals surface area (Å²) in [6.45, 7) is 0. The second kappa shape index (κ2) is 4.06. The fourth-order valence-corrected chi connectivity index (χ4v) is 1.42. The number of rotatable bonds is 2. The zero-order chi connectivity index (χ0) is 12.4. The first kappa shape index (κ1) is 10.8. The molecule has 0 radical (unpaired) electrons. The van der Waals surface area contributed by atoms with E-state index < -0.39 is 5.97 Å². The summed E-state index contributed by atoms with van der Waals surface area (Å²) in [4.78, 5) is 14.8. The summed E-state index contributed by atoms with van der Waals surface area (Å²) in [5, 5.41) is 21.3. The molecule has 0 aliphatic rings. The van der Waals surface area contributed by atoms with Crippen molar-refractivity contribution in [2.75, 3.05) is 0 Å². The minimum absolute atomic E-state index is 0.0336. The molecule has 0 aromatic carbocycles. The van der Waals surface area contributed by atoms with Gasteiger partial charge in [-0.1, -0.05) is 0 Å². The molecular weight excluding hydrogens is 220 g/mol. The number of pyridine rings is 1. The van der Waals surface area contributed by atoms with Crippen molar-refractivity contribution in [3.8, 4) is 17.5 Å². The Hall–Kier alpha value is -2.68. The molecule has 2 rings (SSSR count). The summed E-state index contributed by atoms with van der Waals surface area (Å²) in [6.07, 6.45) is 1.43. The third-order valence-corrected chi connectivity index (χ3v) is 2.25. The van der Waals surface area contributed by atoms with E-state index in [2.05, 4.69) is 10.1 Å². The van der Waals surface area contributed by atoms with Gasteiger partial charge in [-0.3, -0.25) is 9.67 Å². The van der Waals surface area contributed by atoms with E-state index in [9.17, 15) is 4.79 Å². The van der Waals surface area contributed by atoms with Gasteiger partial charge < -0.3 is 5.11 Å². The van der Waals surface area contributed by atoms with Crippen LogP contribution in [-0.2, 0) is 7.05 Å². The molecule has 17 heavy (non-hydrogen) atoms. The van der Waals surface area contributed by atoms with Crippen LogP contribution in [0.1, 0.15) is 16.1 Å². The molecular formula is C11H8N4O2. The maximum atomic E-state index is 10.8. The number of aromatic nitrogens is 3. The first-order valence-corrected chi connectivity index (χ1v) is 4.75. The van der Waals surface area contributed by atoms with E-state index in [1.807, 2.05) is 6.07 Å². The maximum absolute atomic E-state index is 10.8. The van der Waals surface area contributed by atoms with Crippen LogP contribution in [0.3, 0.4) is 0 Å². The van der Waals surface area contributed by atoms with Gasteiger partial charge in [0.15, 0.2) is 5.69 Å². The topological polar surface area (TPSA) is 91.8 Å². The molecule has 0 fully saturated rings. The highest BCUT2D eigenvalue weighted by Crippen LogP contribution is 2.17. The SMILES string of the molecule is Cn1nc(C(=O)O)cc1-c1ccc(C#N)cn1. The Morgan fingerprint density at radius 3 is 2.76 bits per heavy atom. The quantitative estimate of drug-likeness (QED) is 0.829. The summed E-state index contributed by atoms with van der Waals surface area (Å²) >= 11 is 0. The van der Waals surface area contributed by atoms with Crippen molar-refractivity contribution in [2.45, 2.75) is 0 Å². The third-order valence-electron chi connectivity index (χ3n) is 2.25. The highest BCUT2D eigenvalue weighted by molar-refractivity contribution is 5.86. The molecule has 2 aromatic rings. The number of hydrogen-bond donors (Lipinski definition) is 1. The van der Waals surface area contributed by atoms with Crippen molar-refractivity contribution in [1.82, 2.24) is 14.8 Å². The second-order valence-electron chi connectivity index (χ2n) is 3.39. The lowest BCUT2D eigenvalue weighted by atomic mass is 10.2. The molecule has 2 aromatic heterocycles. The van der Waals surface area contributed by atoms with Crippen LogP contribution >= 0.6 is 0 Å². The number of nitriles is 1. The molecule has 0 spiro atoms. The fraction of sp³-hybridized carbons (Fsp3) is 0.0909. The third kappa shape index (κ3) is 1.99. The van der Waals surface area contributed by atoms with Crippen LogP contribution in [0.2, 0.25) is 0 Å². The van der Waals surface area contributed by atoms with Crippen molar-refractivity contribution in [1.29, 1.82) is 5.26 Å². The monoisotopic (exact) mass is 228 g/mol. The van der Waals surface area contributed by atoms with Gasteiger partial charge in [0.25, 0.3) is 0 Å². The minimum Gasteiger partial charge on any atom is -0.476 e. The Balaban J connectivity index is 2.46. The van der Waals surface area contributed by atoms with Crippen molar-refractivity contribution >= 4 is 5.97 Å². The molecule has 0 aliphatic heterocycles. The maximum Gasteiger partial charge on any atom is 0.356 e. The first-order valence-electron chi connectivity index (χ1n) is 4.75. The van der Waals surface area contributed by atoms with Gasteiger partial charge in [0.1, 0.15) is 6.07 Å². The molecule has 0 amide bonds. The van der Waals surface area contributed by atoms with Gasteiger partial charge in [-0.05, 0) is 12.1 Å². The molecule has 84 valence electrons. The number of carboxylic acids is 1. The predicted octanol–water partition coefficient (Wildman–Crippen LogP) is 1.05. The fourth-order valence-electron chi connectivity index (χ4n) is 1.42. The minimum atomic E-state index is -1.08. The molecule has 1 N–H and O–H groups in total.